The van der Waals surface area contributed by atoms with E-state index in [4.69, 9.17) is 22.0 Å². The third-order valence-corrected chi connectivity index (χ3v) is 3.10. The van der Waals surface area contributed by atoms with Crippen LogP contribution in [0.15, 0.2) is 0 Å². The third-order valence-electron chi connectivity index (χ3n) is 3.10. The molecule has 4 N–H and O–H groups in total. The molecule has 0 rings (SSSR count). The summed E-state index contributed by atoms with van der Waals surface area (Å²) >= 11 is 0. The van der Waals surface area contributed by atoms with Gasteiger partial charge in [0.1, 0.15) is 0 Å². The molecule has 0 saturated heterocycles. The minimum atomic E-state index is 0.139. The van der Waals surface area contributed by atoms with Crippen molar-refractivity contribution in [1.29, 1.82) is 10.5 Å². The molecule has 0 bridgehead atoms. The Balaban J connectivity index is 4.11. The Kier molecular flexibility index (Phi) is 10.3. The summed E-state index contributed by atoms with van der Waals surface area (Å²) < 4.78 is 0. The summed E-state index contributed by atoms with van der Waals surface area (Å²) in [6, 6.07) is 4.42. The van der Waals surface area contributed by atoms with Crippen LogP contribution in [-0.4, -0.2) is 37.1 Å². The van der Waals surface area contributed by atoms with E-state index in [9.17, 15) is 0 Å². The highest BCUT2D eigenvalue weighted by Gasteiger charge is 2.16. The van der Waals surface area contributed by atoms with E-state index in [-0.39, 0.29) is 6.04 Å². The Hall–Kier alpha value is -1.14. The molecule has 0 fully saturated rings. The molecule has 0 aliphatic heterocycles. The minimum Gasteiger partial charge on any atom is -0.330 e. The second-order valence-corrected chi connectivity index (χ2v) is 4.69. The monoisotopic (exact) mass is 251 g/mol. The molecule has 0 aliphatic carbocycles. The van der Waals surface area contributed by atoms with E-state index in [1.807, 2.05) is 0 Å². The van der Waals surface area contributed by atoms with Gasteiger partial charge in [-0.25, -0.2) is 0 Å². The van der Waals surface area contributed by atoms with Crippen molar-refractivity contribution in [3.63, 3.8) is 0 Å². The van der Waals surface area contributed by atoms with Crippen molar-refractivity contribution in [2.75, 3.05) is 26.2 Å². The molecular weight excluding hydrogens is 226 g/mol. The summed E-state index contributed by atoms with van der Waals surface area (Å²) in [6.45, 7) is 5.06. The van der Waals surface area contributed by atoms with E-state index >= 15 is 0 Å². The molecule has 102 valence electrons. The van der Waals surface area contributed by atoms with Crippen LogP contribution in [0.25, 0.3) is 0 Å². The maximum atomic E-state index is 8.62. The first-order valence-corrected chi connectivity index (χ1v) is 6.57. The van der Waals surface area contributed by atoms with Gasteiger partial charge in [0, 0.05) is 38.5 Å². The Labute approximate surface area is 110 Å². The van der Waals surface area contributed by atoms with Gasteiger partial charge >= 0.3 is 0 Å². The van der Waals surface area contributed by atoms with Gasteiger partial charge in [0.05, 0.1) is 12.1 Å². The summed E-state index contributed by atoms with van der Waals surface area (Å²) in [7, 11) is 0. The Bertz CT molecular complexity index is 260. The lowest BCUT2D eigenvalue weighted by Crippen LogP contribution is -2.39. The van der Waals surface area contributed by atoms with E-state index in [0.29, 0.717) is 38.4 Å². The predicted molar refractivity (Wildman–Crippen MR) is 72.3 cm³/mol. The molecule has 5 heteroatoms. The van der Waals surface area contributed by atoms with Crippen molar-refractivity contribution >= 4 is 0 Å². The second kappa shape index (κ2) is 11.0. The summed E-state index contributed by atoms with van der Waals surface area (Å²) in [5.74, 6) is 0.355. The maximum Gasteiger partial charge on any atom is 0.0635 e. The number of nitrogens with zero attached hydrogens (tertiary/aromatic N) is 3. The summed E-state index contributed by atoms with van der Waals surface area (Å²) in [5.41, 5.74) is 11.6. The van der Waals surface area contributed by atoms with Gasteiger partial charge in [0.15, 0.2) is 0 Å². The fraction of sp³-hybridized carbons (Fsp3) is 0.846. The van der Waals surface area contributed by atoms with E-state index < -0.39 is 0 Å². The van der Waals surface area contributed by atoms with Crippen LogP contribution in [-0.2, 0) is 0 Å². The quantitative estimate of drug-likeness (QED) is 0.598. The highest BCUT2D eigenvalue weighted by Crippen LogP contribution is 2.09. The average molecular weight is 251 g/mol. The highest BCUT2D eigenvalue weighted by molar-refractivity contribution is 4.79. The second-order valence-electron chi connectivity index (χ2n) is 4.69. The van der Waals surface area contributed by atoms with Crippen LogP contribution in [0, 0.1) is 28.6 Å². The van der Waals surface area contributed by atoms with Gasteiger partial charge in [-0.15, -0.1) is 0 Å². The molecule has 2 unspecified atom stereocenters. The van der Waals surface area contributed by atoms with E-state index in [0.717, 1.165) is 19.4 Å². The van der Waals surface area contributed by atoms with Crippen LogP contribution in [0.1, 0.15) is 32.6 Å². The molecule has 2 atom stereocenters. The number of nitrogens with two attached hydrogens (primary N) is 2. The van der Waals surface area contributed by atoms with Crippen LogP contribution in [0.4, 0.5) is 0 Å². The molecule has 18 heavy (non-hydrogen) atoms. The Morgan fingerprint density at radius 3 is 2.17 bits per heavy atom. The molecule has 0 aromatic heterocycles. The van der Waals surface area contributed by atoms with Crippen LogP contribution in [0.3, 0.4) is 0 Å². The standard InChI is InChI=1S/C13H25N5/c1-12(13(17)5-2-6-14)11-18(9-3-7-15)10-4-8-16/h12-13H,2-6,9-11,14,17H2,1H3. The number of hydrogen-bond acceptors (Lipinski definition) is 5. The molecule has 0 saturated carbocycles. The van der Waals surface area contributed by atoms with Crippen LogP contribution in [0.5, 0.6) is 0 Å². The van der Waals surface area contributed by atoms with Gasteiger partial charge in [-0.05, 0) is 25.3 Å². The maximum absolute atomic E-state index is 8.62. The predicted octanol–water partition coefficient (Wildman–Crippen LogP) is 0.818. The summed E-state index contributed by atoms with van der Waals surface area (Å²) in [4.78, 5) is 2.15. The van der Waals surface area contributed by atoms with E-state index in [1.165, 1.54) is 0 Å². The number of nitriles is 2. The van der Waals surface area contributed by atoms with Crippen molar-refractivity contribution in [3.05, 3.63) is 0 Å². The molecular formula is C13H25N5. The van der Waals surface area contributed by atoms with Gasteiger partial charge in [-0.3, -0.25) is 0 Å². The minimum absolute atomic E-state index is 0.139. The van der Waals surface area contributed by atoms with Gasteiger partial charge in [-0.1, -0.05) is 6.92 Å². The summed E-state index contributed by atoms with van der Waals surface area (Å²) in [5, 5.41) is 17.2. The van der Waals surface area contributed by atoms with Crippen molar-refractivity contribution in [3.8, 4) is 12.1 Å². The molecule has 0 spiro atoms. The zero-order chi connectivity index (χ0) is 13.8. The van der Waals surface area contributed by atoms with Crippen molar-refractivity contribution < 1.29 is 0 Å². The van der Waals surface area contributed by atoms with Gasteiger partial charge in [-0.2, -0.15) is 10.5 Å². The smallest absolute Gasteiger partial charge is 0.0635 e. The van der Waals surface area contributed by atoms with Crippen LogP contribution < -0.4 is 11.5 Å². The zero-order valence-electron chi connectivity index (χ0n) is 11.3. The molecule has 0 aromatic rings. The van der Waals surface area contributed by atoms with Crippen molar-refractivity contribution in [2.24, 2.45) is 17.4 Å². The number of rotatable bonds is 10. The largest absolute Gasteiger partial charge is 0.330 e. The molecule has 0 aromatic carbocycles. The Morgan fingerprint density at radius 2 is 1.72 bits per heavy atom. The lowest BCUT2D eigenvalue weighted by molar-refractivity contribution is 0.226. The fourth-order valence-electron chi connectivity index (χ4n) is 1.89. The molecule has 0 amide bonds. The lowest BCUT2D eigenvalue weighted by atomic mass is 9.97. The van der Waals surface area contributed by atoms with Crippen molar-refractivity contribution in [1.82, 2.24) is 4.90 Å². The zero-order valence-corrected chi connectivity index (χ0v) is 11.3. The first kappa shape index (κ1) is 16.9. The fourth-order valence-corrected chi connectivity index (χ4v) is 1.89. The molecule has 5 nitrogen and oxygen atoms in total. The van der Waals surface area contributed by atoms with Gasteiger partial charge in [0.25, 0.3) is 0 Å². The lowest BCUT2D eigenvalue weighted by Gasteiger charge is -2.27. The number of hydrogen-bond donors (Lipinski definition) is 2. The van der Waals surface area contributed by atoms with E-state index in [2.05, 4.69) is 24.0 Å². The van der Waals surface area contributed by atoms with Gasteiger partial charge in [0.2, 0.25) is 0 Å². The van der Waals surface area contributed by atoms with Crippen molar-refractivity contribution in [2.45, 2.75) is 38.6 Å². The van der Waals surface area contributed by atoms with Gasteiger partial charge < -0.3 is 16.4 Å². The molecule has 0 heterocycles. The molecule has 0 radical (unpaired) electrons. The first-order chi connectivity index (χ1) is 8.65. The van der Waals surface area contributed by atoms with E-state index in [1.54, 1.807) is 0 Å². The first-order valence-electron chi connectivity index (χ1n) is 6.57. The topological polar surface area (TPSA) is 103 Å². The Morgan fingerprint density at radius 1 is 1.17 bits per heavy atom. The van der Waals surface area contributed by atoms with Crippen LogP contribution >= 0.6 is 0 Å². The average Bonchev–Trinajstić information content (AvgIpc) is 2.38. The van der Waals surface area contributed by atoms with Crippen LogP contribution in [0.2, 0.25) is 0 Å². The summed E-state index contributed by atoms with van der Waals surface area (Å²) in [6.07, 6.45) is 2.87. The molecule has 0 aliphatic rings. The highest BCUT2D eigenvalue weighted by atomic mass is 15.1. The normalized spacial score (nSPS) is 13.9. The third kappa shape index (κ3) is 8.03. The SMILES string of the molecule is CC(CN(CCC#N)CCC#N)C(N)CCCN.